The number of Topliss-reactive ketones (excluding diaryl/α,β-unsaturated/α-hetero) is 1. The minimum absolute atomic E-state index is 0.208. The SMILES string of the molecule is O=C1C[C@H]2C=C[C@@H]3CC123. The molecule has 2 fully saturated rings. The van der Waals surface area contributed by atoms with Gasteiger partial charge in [0.1, 0.15) is 5.78 Å². The molecule has 3 aliphatic carbocycles. The molecule has 1 nitrogen and oxygen atoms in total. The van der Waals surface area contributed by atoms with Crippen LogP contribution in [0.5, 0.6) is 0 Å². The average Bonchev–Trinajstić information content (AvgIpc) is 2.52. The van der Waals surface area contributed by atoms with Crippen LogP contribution in [0, 0.1) is 17.3 Å². The molecular weight excluding hydrogens is 112 g/mol. The van der Waals surface area contributed by atoms with Gasteiger partial charge in [0.05, 0.1) is 0 Å². The number of hydrogen-bond acceptors (Lipinski definition) is 1. The van der Waals surface area contributed by atoms with Gasteiger partial charge in [0.25, 0.3) is 0 Å². The average molecular weight is 120 g/mol. The van der Waals surface area contributed by atoms with Gasteiger partial charge in [0, 0.05) is 11.8 Å². The van der Waals surface area contributed by atoms with E-state index in [4.69, 9.17) is 0 Å². The quantitative estimate of drug-likeness (QED) is 0.438. The summed E-state index contributed by atoms with van der Waals surface area (Å²) in [6, 6.07) is 0. The molecule has 0 aliphatic heterocycles. The predicted molar refractivity (Wildman–Crippen MR) is 32.8 cm³/mol. The number of ketones is 1. The van der Waals surface area contributed by atoms with Crippen LogP contribution in [0.4, 0.5) is 0 Å². The molecular formula is C8H8O. The van der Waals surface area contributed by atoms with Crippen molar-refractivity contribution in [2.45, 2.75) is 12.8 Å². The molecule has 0 bridgehead atoms. The zero-order valence-electron chi connectivity index (χ0n) is 5.13. The Balaban J connectivity index is 2.13. The summed E-state index contributed by atoms with van der Waals surface area (Å²) in [4.78, 5) is 11.0. The lowest BCUT2D eigenvalue weighted by Crippen LogP contribution is -2.37. The summed E-state index contributed by atoms with van der Waals surface area (Å²) in [5.41, 5.74) is 0.208. The highest BCUT2D eigenvalue weighted by Crippen LogP contribution is 2.70. The fraction of sp³-hybridized carbons (Fsp3) is 0.625. The van der Waals surface area contributed by atoms with Crippen molar-refractivity contribution in [3.63, 3.8) is 0 Å². The Morgan fingerprint density at radius 2 is 2.22 bits per heavy atom. The lowest BCUT2D eigenvalue weighted by molar-refractivity contribution is -0.134. The molecule has 3 aliphatic rings. The first kappa shape index (κ1) is 4.26. The normalized spacial score (nSPS) is 58.4. The fourth-order valence-corrected chi connectivity index (χ4v) is 2.45. The molecule has 0 aromatic heterocycles. The lowest BCUT2D eigenvalue weighted by Gasteiger charge is -2.31. The van der Waals surface area contributed by atoms with Crippen molar-refractivity contribution < 1.29 is 4.79 Å². The number of carbonyl (C=O) groups is 1. The van der Waals surface area contributed by atoms with Crippen LogP contribution in [0.1, 0.15) is 12.8 Å². The molecule has 46 valence electrons. The summed E-state index contributed by atoms with van der Waals surface area (Å²) in [5, 5.41) is 0. The Morgan fingerprint density at radius 1 is 1.44 bits per heavy atom. The van der Waals surface area contributed by atoms with Crippen LogP contribution in [0.3, 0.4) is 0 Å². The lowest BCUT2D eigenvalue weighted by atomic mass is 9.70. The third-order valence-corrected chi connectivity index (χ3v) is 3.22. The molecule has 9 heavy (non-hydrogen) atoms. The molecule has 0 heterocycles. The number of carbonyl (C=O) groups excluding carboxylic acids is 1. The first-order valence-electron chi connectivity index (χ1n) is 3.56. The van der Waals surface area contributed by atoms with Crippen molar-refractivity contribution in [3.8, 4) is 0 Å². The maximum Gasteiger partial charge on any atom is 0.140 e. The van der Waals surface area contributed by atoms with E-state index < -0.39 is 0 Å². The fourth-order valence-electron chi connectivity index (χ4n) is 2.45. The second-order valence-electron chi connectivity index (χ2n) is 3.47. The zero-order valence-corrected chi connectivity index (χ0v) is 5.13. The molecule has 3 atom stereocenters. The summed E-state index contributed by atoms with van der Waals surface area (Å²) in [6.07, 6.45) is 6.48. The minimum Gasteiger partial charge on any atom is -0.299 e. The standard InChI is InChI=1S/C8H8O/c9-7-3-5-1-2-6-4-8(5,6)7/h1-2,5-6H,3-4H2/t5-,6-,8?/m1/s1. The van der Waals surface area contributed by atoms with E-state index in [-0.39, 0.29) is 5.41 Å². The predicted octanol–water partition coefficient (Wildman–Crippen LogP) is 1.15. The molecule has 3 rings (SSSR count). The summed E-state index contributed by atoms with van der Waals surface area (Å²) in [7, 11) is 0. The highest BCUT2D eigenvalue weighted by molar-refractivity contribution is 5.96. The maximum absolute atomic E-state index is 11.0. The van der Waals surface area contributed by atoms with Crippen LogP contribution in [0.2, 0.25) is 0 Å². The largest absolute Gasteiger partial charge is 0.299 e. The van der Waals surface area contributed by atoms with Gasteiger partial charge in [0.2, 0.25) is 0 Å². The molecule has 0 aromatic rings. The molecule has 0 amide bonds. The molecule has 0 N–H and O–H groups in total. The number of hydrogen-bond donors (Lipinski definition) is 0. The van der Waals surface area contributed by atoms with E-state index >= 15 is 0 Å². The molecule has 0 saturated heterocycles. The molecule has 1 unspecified atom stereocenters. The van der Waals surface area contributed by atoms with Gasteiger partial charge >= 0.3 is 0 Å². The van der Waals surface area contributed by atoms with E-state index in [0.29, 0.717) is 17.6 Å². The Morgan fingerprint density at radius 3 is 2.67 bits per heavy atom. The van der Waals surface area contributed by atoms with Crippen molar-refractivity contribution in [2.24, 2.45) is 17.3 Å². The summed E-state index contributed by atoms with van der Waals surface area (Å²) in [6.45, 7) is 0. The third-order valence-electron chi connectivity index (χ3n) is 3.22. The van der Waals surface area contributed by atoms with Crippen molar-refractivity contribution in [3.05, 3.63) is 12.2 Å². The van der Waals surface area contributed by atoms with Gasteiger partial charge in [-0.05, 0) is 18.3 Å². The van der Waals surface area contributed by atoms with E-state index in [1.165, 1.54) is 6.42 Å². The van der Waals surface area contributed by atoms with Gasteiger partial charge in [0.15, 0.2) is 0 Å². The van der Waals surface area contributed by atoms with Gasteiger partial charge in [-0.1, -0.05) is 12.2 Å². The van der Waals surface area contributed by atoms with E-state index in [9.17, 15) is 4.79 Å². The Labute approximate surface area is 53.7 Å². The van der Waals surface area contributed by atoms with E-state index in [1.807, 2.05) is 0 Å². The van der Waals surface area contributed by atoms with Gasteiger partial charge in [-0.2, -0.15) is 0 Å². The number of allylic oxidation sites excluding steroid dienone is 2. The summed E-state index contributed by atoms with van der Waals surface area (Å²) >= 11 is 0. The molecule has 0 radical (unpaired) electrons. The van der Waals surface area contributed by atoms with Crippen LogP contribution in [0.25, 0.3) is 0 Å². The van der Waals surface area contributed by atoms with Gasteiger partial charge in [-0.15, -0.1) is 0 Å². The Bertz CT molecular complexity index is 229. The van der Waals surface area contributed by atoms with Crippen molar-refractivity contribution in [1.82, 2.24) is 0 Å². The summed E-state index contributed by atoms with van der Waals surface area (Å²) < 4.78 is 0. The van der Waals surface area contributed by atoms with Crippen LogP contribution in [0.15, 0.2) is 12.2 Å². The van der Waals surface area contributed by atoms with Crippen molar-refractivity contribution in [1.29, 1.82) is 0 Å². The Hall–Kier alpha value is -0.590. The van der Waals surface area contributed by atoms with E-state index in [0.717, 1.165) is 6.42 Å². The first-order valence-corrected chi connectivity index (χ1v) is 3.56. The van der Waals surface area contributed by atoms with Crippen LogP contribution in [-0.4, -0.2) is 5.78 Å². The molecule has 1 spiro atoms. The second-order valence-corrected chi connectivity index (χ2v) is 3.47. The van der Waals surface area contributed by atoms with Crippen LogP contribution < -0.4 is 0 Å². The third kappa shape index (κ3) is 0.251. The first-order chi connectivity index (χ1) is 4.34. The summed E-state index contributed by atoms with van der Waals surface area (Å²) in [5.74, 6) is 1.86. The molecule has 1 heteroatoms. The van der Waals surface area contributed by atoms with Gasteiger partial charge in [-0.3, -0.25) is 4.79 Å². The van der Waals surface area contributed by atoms with E-state index in [2.05, 4.69) is 12.2 Å². The van der Waals surface area contributed by atoms with E-state index in [1.54, 1.807) is 0 Å². The van der Waals surface area contributed by atoms with Gasteiger partial charge < -0.3 is 0 Å². The maximum atomic E-state index is 11.0. The topological polar surface area (TPSA) is 17.1 Å². The van der Waals surface area contributed by atoms with Crippen LogP contribution in [-0.2, 0) is 4.79 Å². The van der Waals surface area contributed by atoms with Crippen molar-refractivity contribution in [2.75, 3.05) is 0 Å². The van der Waals surface area contributed by atoms with Gasteiger partial charge in [-0.25, -0.2) is 0 Å². The van der Waals surface area contributed by atoms with Crippen LogP contribution >= 0.6 is 0 Å². The molecule has 2 saturated carbocycles. The number of rotatable bonds is 0. The Kier molecular flexibility index (Phi) is 0.425. The zero-order chi connectivity index (χ0) is 6.06. The molecule has 0 aromatic carbocycles. The highest BCUT2D eigenvalue weighted by atomic mass is 16.1. The monoisotopic (exact) mass is 120 g/mol. The highest BCUT2D eigenvalue weighted by Gasteiger charge is 2.70. The minimum atomic E-state index is 0.208. The smallest absolute Gasteiger partial charge is 0.140 e. The van der Waals surface area contributed by atoms with Crippen molar-refractivity contribution >= 4 is 5.78 Å². The second kappa shape index (κ2) is 0.898.